The predicted molar refractivity (Wildman–Crippen MR) is 60.4 cm³/mol. The SMILES string of the molecule is CCc1nn(CC(=O)[O-])c(=O)c2ccccc12. The number of hydrogen-bond donors (Lipinski definition) is 0. The fraction of sp³-hybridized carbons (Fsp3) is 0.250. The third-order valence-electron chi connectivity index (χ3n) is 2.56. The summed E-state index contributed by atoms with van der Waals surface area (Å²) < 4.78 is 0.941. The van der Waals surface area contributed by atoms with E-state index in [0.717, 1.165) is 10.1 Å². The van der Waals surface area contributed by atoms with Crippen LogP contribution < -0.4 is 10.7 Å². The molecule has 0 saturated carbocycles. The molecule has 5 nitrogen and oxygen atoms in total. The molecule has 0 N–H and O–H groups in total. The number of carboxylic acids is 1. The summed E-state index contributed by atoms with van der Waals surface area (Å²) in [6.45, 7) is 1.39. The largest absolute Gasteiger partial charge is 0.548 e. The van der Waals surface area contributed by atoms with Gasteiger partial charge in [-0.05, 0) is 12.5 Å². The normalized spacial score (nSPS) is 10.6. The highest BCUT2D eigenvalue weighted by Gasteiger charge is 2.08. The summed E-state index contributed by atoms with van der Waals surface area (Å²) in [5.74, 6) is -1.32. The lowest BCUT2D eigenvalue weighted by Gasteiger charge is -2.10. The Labute approximate surface area is 97.3 Å². The summed E-state index contributed by atoms with van der Waals surface area (Å²) in [4.78, 5) is 22.5. The first-order valence-electron chi connectivity index (χ1n) is 5.32. The zero-order valence-electron chi connectivity index (χ0n) is 9.34. The molecule has 0 bridgehead atoms. The lowest BCUT2D eigenvalue weighted by molar-refractivity contribution is -0.306. The predicted octanol–water partition coefficient (Wildman–Crippen LogP) is -0.291. The minimum Gasteiger partial charge on any atom is -0.548 e. The van der Waals surface area contributed by atoms with Crippen LogP contribution in [-0.2, 0) is 17.8 Å². The first kappa shape index (κ1) is 11.3. The van der Waals surface area contributed by atoms with Gasteiger partial charge in [0.15, 0.2) is 0 Å². The van der Waals surface area contributed by atoms with E-state index in [9.17, 15) is 14.7 Å². The molecule has 0 aliphatic carbocycles. The van der Waals surface area contributed by atoms with Crippen LogP contribution in [0.1, 0.15) is 12.6 Å². The Morgan fingerprint density at radius 3 is 2.59 bits per heavy atom. The fourth-order valence-electron chi connectivity index (χ4n) is 1.80. The van der Waals surface area contributed by atoms with Crippen LogP contribution in [0.2, 0.25) is 0 Å². The average Bonchev–Trinajstić information content (AvgIpc) is 2.32. The lowest BCUT2D eigenvalue weighted by atomic mass is 10.1. The second-order valence-electron chi connectivity index (χ2n) is 3.68. The molecule has 0 spiro atoms. The summed E-state index contributed by atoms with van der Waals surface area (Å²) in [7, 11) is 0. The highest BCUT2D eigenvalue weighted by atomic mass is 16.4. The van der Waals surface area contributed by atoms with E-state index in [1.165, 1.54) is 0 Å². The van der Waals surface area contributed by atoms with Crippen LogP contribution in [-0.4, -0.2) is 15.7 Å². The van der Waals surface area contributed by atoms with E-state index >= 15 is 0 Å². The van der Waals surface area contributed by atoms with E-state index in [1.54, 1.807) is 12.1 Å². The Kier molecular flexibility index (Phi) is 2.91. The van der Waals surface area contributed by atoms with Gasteiger partial charge in [0.25, 0.3) is 5.56 Å². The molecule has 88 valence electrons. The maximum absolute atomic E-state index is 11.9. The highest BCUT2D eigenvalue weighted by molar-refractivity contribution is 5.83. The van der Waals surface area contributed by atoms with Crippen molar-refractivity contribution in [1.29, 1.82) is 0 Å². The molecule has 0 aliphatic heterocycles. The van der Waals surface area contributed by atoms with Gasteiger partial charge in [-0.2, -0.15) is 5.10 Å². The zero-order chi connectivity index (χ0) is 12.4. The van der Waals surface area contributed by atoms with E-state index < -0.39 is 18.1 Å². The molecule has 17 heavy (non-hydrogen) atoms. The molecule has 0 saturated heterocycles. The van der Waals surface area contributed by atoms with E-state index in [4.69, 9.17) is 0 Å². The highest BCUT2D eigenvalue weighted by Crippen LogP contribution is 2.13. The Bertz CT molecular complexity index is 631. The van der Waals surface area contributed by atoms with Crippen molar-refractivity contribution in [3.8, 4) is 0 Å². The minimum atomic E-state index is -1.32. The number of aryl methyl sites for hydroxylation is 1. The van der Waals surface area contributed by atoms with E-state index in [2.05, 4.69) is 5.10 Å². The van der Waals surface area contributed by atoms with Crippen molar-refractivity contribution < 1.29 is 9.90 Å². The molecule has 0 fully saturated rings. The number of carboxylic acid groups (broad SMARTS) is 1. The molecule has 1 aromatic carbocycles. The molecule has 0 amide bonds. The Balaban J connectivity index is 2.76. The summed E-state index contributed by atoms with van der Waals surface area (Å²) in [6.07, 6.45) is 0.633. The second-order valence-corrected chi connectivity index (χ2v) is 3.68. The third-order valence-corrected chi connectivity index (χ3v) is 2.56. The Morgan fingerprint density at radius 1 is 1.35 bits per heavy atom. The topological polar surface area (TPSA) is 75.0 Å². The number of aromatic nitrogens is 2. The van der Waals surface area contributed by atoms with Gasteiger partial charge in [0.1, 0.15) is 0 Å². The van der Waals surface area contributed by atoms with Crippen molar-refractivity contribution in [1.82, 2.24) is 9.78 Å². The van der Waals surface area contributed by atoms with E-state index in [-0.39, 0.29) is 0 Å². The van der Waals surface area contributed by atoms with Crippen molar-refractivity contribution in [2.45, 2.75) is 19.9 Å². The van der Waals surface area contributed by atoms with Crippen LogP contribution in [0.3, 0.4) is 0 Å². The maximum atomic E-state index is 11.9. The van der Waals surface area contributed by atoms with Crippen LogP contribution in [0.4, 0.5) is 0 Å². The van der Waals surface area contributed by atoms with Crippen molar-refractivity contribution >= 4 is 16.7 Å². The summed E-state index contributed by atoms with van der Waals surface area (Å²) in [5, 5.41) is 15.8. The van der Waals surface area contributed by atoms with Gasteiger partial charge in [-0.15, -0.1) is 0 Å². The standard InChI is InChI=1S/C12H12N2O3/c1-2-10-8-5-3-4-6-9(8)12(17)14(13-10)7-11(15)16/h3-6H,2,7H2,1H3,(H,15,16)/p-1. The van der Waals surface area contributed by atoms with Crippen molar-refractivity contribution in [2.24, 2.45) is 0 Å². The molecule has 0 radical (unpaired) electrons. The number of carbonyl (C=O) groups excluding carboxylic acids is 1. The Hall–Kier alpha value is -2.17. The van der Waals surface area contributed by atoms with Crippen molar-refractivity contribution in [2.75, 3.05) is 0 Å². The average molecular weight is 231 g/mol. The van der Waals surface area contributed by atoms with Crippen LogP contribution in [0.15, 0.2) is 29.1 Å². The molecular weight excluding hydrogens is 220 g/mol. The van der Waals surface area contributed by atoms with Gasteiger partial charge in [-0.1, -0.05) is 25.1 Å². The molecule has 0 unspecified atom stereocenters. The summed E-state index contributed by atoms with van der Waals surface area (Å²) in [6, 6.07) is 7.05. The van der Waals surface area contributed by atoms with Gasteiger partial charge < -0.3 is 9.90 Å². The number of carbonyl (C=O) groups is 1. The molecule has 2 rings (SSSR count). The quantitative estimate of drug-likeness (QED) is 0.727. The van der Waals surface area contributed by atoms with Gasteiger partial charge in [0.05, 0.1) is 23.6 Å². The third kappa shape index (κ3) is 2.04. The summed E-state index contributed by atoms with van der Waals surface area (Å²) in [5.41, 5.74) is 0.309. The number of fused-ring (bicyclic) bond motifs is 1. The first-order chi connectivity index (χ1) is 8.13. The fourth-order valence-corrected chi connectivity index (χ4v) is 1.80. The van der Waals surface area contributed by atoms with Gasteiger partial charge >= 0.3 is 0 Å². The lowest BCUT2D eigenvalue weighted by Crippen LogP contribution is -2.34. The molecule has 0 aliphatic rings. The molecule has 1 heterocycles. The van der Waals surface area contributed by atoms with Crippen molar-refractivity contribution in [3.63, 3.8) is 0 Å². The molecular formula is C12H11N2O3-. The van der Waals surface area contributed by atoms with E-state index in [1.807, 2.05) is 19.1 Å². The van der Waals surface area contributed by atoms with Gasteiger partial charge in [0.2, 0.25) is 0 Å². The minimum absolute atomic E-state index is 0.401. The Morgan fingerprint density at radius 2 is 2.00 bits per heavy atom. The molecule has 0 atom stereocenters. The first-order valence-corrected chi connectivity index (χ1v) is 5.32. The van der Waals surface area contributed by atoms with Crippen LogP contribution in [0, 0.1) is 0 Å². The monoisotopic (exact) mass is 231 g/mol. The van der Waals surface area contributed by atoms with Crippen LogP contribution in [0.25, 0.3) is 10.8 Å². The van der Waals surface area contributed by atoms with Crippen LogP contribution in [0.5, 0.6) is 0 Å². The smallest absolute Gasteiger partial charge is 0.275 e. The maximum Gasteiger partial charge on any atom is 0.275 e. The molecule has 1 aromatic heterocycles. The number of nitrogens with zero attached hydrogens (tertiary/aromatic N) is 2. The number of benzene rings is 1. The molecule has 5 heteroatoms. The summed E-state index contributed by atoms with van der Waals surface area (Å²) >= 11 is 0. The molecule has 2 aromatic rings. The van der Waals surface area contributed by atoms with Crippen molar-refractivity contribution in [3.05, 3.63) is 40.3 Å². The van der Waals surface area contributed by atoms with E-state index in [0.29, 0.717) is 17.5 Å². The van der Waals surface area contributed by atoms with Gasteiger partial charge in [0, 0.05) is 5.39 Å². The zero-order valence-corrected chi connectivity index (χ0v) is 9.34. The van der Waals surface area contributed by atoms with Crippen LogP contribution >= 0.6 is 0 Å². The van der Waals surface area contributed by atoms with Gasteiger partial charge in [-0.3, -0.25) is 4.79 Å². The second kappa shape index (κ2) is 4.37. The van der Waals surface area contributed by atoms with Gasteiger partial charge in [-0.25, -0.2) is 4.68 Å². The number of rotatable bonds is 3. The number of aliphatic carboxylic acids is 1. The number of hydrogen-bond acceptors (Lipinski definition) is 4.